The third kappa shape index (κ3) is 3.17. The molecule has 1 rings (SSSR count). The lowest BCUT2D eigenvalue weighted by molar-refractivity contribution is 0.0971. The predicted molar refractivity (Wildman–Crippen MR) is 52.1 cm³/mol. The van der Waals surface area contributed by atoms with Crippen molar-refractivity contribution in [3.05, 3.63) is 34.9 Å². The number of Topliss-reactive ketones (excluding diaryl/α,β-unsaturated/α-hetero) is 1. The van der Waals surface area contributed by atoms with E-state index in [0.717, 1.165) is 0 Å². The monoisotopic (exact) mass is 198 g/mol. The van der Waals surface area contributed by atoms with Crippen molar-refractivity contribution in [3.63, 3.8) is 0 Å². The van der Waals surface area contributed by atoms with Crippen LogP contribution in [-0.2, 0) is 0 Å². The van der Waals surface area contributed by atoms with Gasteiger partial charge in [0.05, 0.1) is 0 Å². The zero-order valence-corrected chi connectivity index (χ0v) is 7.92. The first kappa shape index (κ1) is 10.2. The van der Waals surface area contributed by atoms with Gasteiger partial charge in [0.2, 0.25) is 0 Å². The van der Waals surface area contributed by atoms with Crippen molar-refractivity contribution in [1.82, 2.24) is 0 Å². The van der Waals surface area contributed by atoms with Gasteiger partial charge in [0.1, 0.15) is 0 Å². The molecule has 0 atom stereocenters. The molecule has 0 spiro atoms. The topological polar surface area (TPSA) is 37.3 Å². The number of hydrogen-bond donors (Lipinski definition) is 1. The minimum atomic E-state index is 0.0470. The van der Waals surface area contributed by atoms with Gasteiger partial charge in [-0.15, -0.1) is 0 Å². The van der Waals surface area contributed by atoms with Crippen LogP contribution in [0.15, 0.2) is 24.3 Å². The molecule has 0 heterocycles. The number of halogens is 1. The second kappa shape index (κ2) is 5.00. The third-order valence-electron chi connectivity index (χ3n) is 1.73. The molecule has 1 aromatic carbocycles. The Bertz CT molecular complexity index is 279. The molecule has 13 heavy (non-hydrogen) atoms. The summed E-state index contributed by atoms with van der Waals surface area (Å²) >= 11 is 5.67. The summed E-state index contributed by atoms with van der Waals surface area (Å²) in [5.74, 6) is 0.0470. The molecule has 2 nitrogen and oxygen atoms in total. The van der Waals surface area contributed by atoms with Gasteiger partial charge >= 0.3 is 0 Å². The molecule has 0 unspecified atom stereocenters. The van der Waals surface area contributed by atoms with E-state index in [1.165, 1.54) is 0 Å². The molecule has 3 heteroatoms. The van der Waals surface area contributed by atoms with E-state index in [1.807, 2.05) is 0 Å². The van der Waals surface area contributed by atoms with Crippen molar-refractivity contribution >= 4 is 17.4 Å². The molecule has 0 aliphatic carbocycles. The van der Waals surface area contributed by atoms with Gasteiger partial charge in [0, 0.05) is 23.6 Å². The molecule has 1 N–H and O–H groups in total. The highest BCUT2D eigenvalue weighted by atomic mass is 35.5. The fourth-order valence-corrected chi connectivity index (χ4v) is 1.15. The highest BCUT2D eigenvalue weighted by Crippen LogP contribution is 2.11. The second-order valence-corrected chi connectivity index (χ2v) is 3.19. The summed E-state index contributed by atoms with van der Waals surface area (Å²) in [5.41, 5.74) is 0.651. The van der Waals surface area contributed by atoms with E-state index in [9.17, 15) is 4.79 Å². The van der Waals surface area contributed by atoms with Crippen LogP contribution in [0.1, 0.15) is 23.2 Å². The van der Waals surface area contributed by atoms with Crippen LogP contribution in [-0.4, -0.2) is 17.5 Å². The summed E-state index contributed by atoms with van der Waals surface area (Å²) < 4.78 is 0. The molecule has 0 saturated heterocycles. The standard InChI is InChI=1S/C10H11ClO2/c11-9-5-3-8(4-6-9)10(13)2-1-7-12/h3-6,12H,1-2,7H2. The first-order valence-electron chi connectivity index (χ1n) is 4.13. The van der Waals surface area contributed by atoms with Gasteiger partial charge in [-0.2, -0.15) is 0 Å². The van der Waals surface area contributed by atoms with Crippen LogP contribution >= 0.6 is 11.6 Å². The maximum absolute atomic E-state index is 11.4. The molecule has 70 valence electrons. The lowest BCUT2D eigenvalue weighted by Crippen LogP contribution is -1.99. The van der Waals surface area contributed by atoms with Crippen molar-refractivity contribution < 1.29 is 9.90 Å². The fourth-order valence-electron chi connectivity index (χ4n) is 1.02. The lowest BCUT2D eigenvalue weighted by Gasteiger charge is -1.98. The molecule has 0 radical (unpaired) electrons. The fraction of sp³-hybridized carbons (Fsp3) is 0.300. The van der Waals surface area contributed by atoms with E-state index in [4.69, 9.17) is 16.7 Å². The lowest BCUT2D eigenvalue weighted by atomic mass is 10.1. The summed E-state index contributed by atoms with van der Waals surface area (Å²) in [6, 6.07) is 6.77. The third-order valence-corrected chi connectivity index (χ3v) is 1.98. The molecule has 0 aliphatic heterocycles. The van der Waals surface area contributed by atoms with Gasteiger partial charge in [-0.05, 0) is 30.7 Å². The van der Waals surface area contributed by atoms with Crippen LogP contribution in [0.25, 0.3) is 0 Å². The number of carbonyl (C=O) groups excluding carboxylic acids is 1. The summed E-state index contributed by atoms with van der Waals surface area (Å²) in [7, 11) is 0. The predicted octanol–water partition coefficient (Wildman–Crippen LogP) is 2.30. The van der Waals surface area contributed by atoms with E-state index < -0.39 is 0 Å². The van der Waals surface area contributed by atoms with Gasteiger partial charge in [0.25, 0.3) is 0 Å². The highest BCUT2D eigenvalue weighted by Gasteiger charge is 2.03. The first-order chi connectivity index (χ1) is 6.24. The van der Waals surface area contributed by atoms with Crippen LogP contribution in [0.4, 0.5) is 0 Å². The number of ketones is 1. The van der Waals surface area contributed by atoms with Crippen molar-refractivity contribution in [2.45, 2.75) is 12.8 Å². The average molecular weight is 199 g/mol. The van der Waals surface area contributed by atoms with E-state index in [-0.39, 0.29) is 12.4 Å². The maximum Gasteiger partial charge on any atom is 0.162 e. The molecule has 0 bridgehead atoms. The van der Waals surface area contributed by atoms with Gasteiger partial charge in [-0.25, -0.2) is 0 Å². The Labute approximate surface area is 82.2 Å². The number of aliphatic hydroxyl groups excluding tert-OH is 1. The van der Waals surface area contributed by atoms with E-state index in [2.05, 4.69) is 0 Å². The van der Waals surface area contributed by atoms with Crippen LogP contribution < -0.4 is 0 Å². The van der Waals surface area contributed by atoms with Crippen LogP contribution in [0.3, 0.4) is 0 Å². The summed E-state index contributed by atoms with van der Waals surface area (Å²) in [6.45, 7) is 0.0549. The van der Waals surface area contributed by atoms with Gasteiger partial charge < -0.3 is 5.11 Å². The SMILES string of the molecule is O=C(CCCO)c1ccc(Cl)cc1. The quantitative estimate of drug-likeness (QED) is 0.754. The Balaban J connectivity index is 2.61. The Kier molecular flexibility index (Phi) is 3.93. The Hall–Kier alpha value is -0.860. The smallest absolute Gasteiger partial charge is 0.162 e. The largest absolute Gasteiger partial charge is 0.396 e. The Morgan fingerprint density at radius 2 is 1.92 bits per heavy atom. The maximum atomic E-state index is 11.4. The Morgan fingerprint density at radius 3 is 2.46 bits per heavy atom. The summed E-state index contributed by atoms with van der Waals surface area (Å²) in [6.07, 6.45) is 0.902. The molecule has 0 fully saturated rings. The highest BCUT2D eigenvalue weighted by molar-refractivity contribution is 6.30. The van der Waals surface area contributed by atoms with Crippen molar-refractivity contribution in [2.75, 3.05) is 6.61 Å². The average Bonchev–Trinajstić information content (AvgIpc) is 2.15. The first-order valence-corrected chi connectivity index (χ1v) is 4.51. The zero-order valence-electron chi connectivity index (χ0n) is 7.16. The van der Waals surface area contributed by atoms with Crippen LogP contribution in [0.5, 0.6) is 0 Å². The normalized spacial score (nSPS) is 10.0. The van der Waals surface area contributed by atoms with Gasteiger partial charge in [-0.1, -0.05) is 11.6 Å². The van der Waals surface area contributed by atoms with E-state index >= 15 is 0 Å². The summed E-state index contributed by atoms with van der Waals surface area (Å²) in [5, 5.41) is 9.16. The molecule has 0 saturated carbocycles. The second-order valence-electron chi connectivity index (χ2n) is 2.76. The number of benzene rings is 1. The number of rotatable bonds is 4. The number of carbonyl (C=O) groups is 1. The van der Waals surface area contributed by atoms with E-state index in [1.54, 1.807) is 24.3 Å². The Morgan fingerprint density at radius 1 is 1.31 bits per heavy atom. The van der Waals surface area contributed by atoms with Gasteiger partial charge in [-0.3, -0.25) is 4.79 Å². The van der Waals surface area contributed by atoms with Crippen LogP contribution in [0, 0.1) is 0 Å². The van der Waals surface area contributed by atoms with Gasteiger partial charge in [0.15, 0.2) is 5.78 Å². The summed E-state index contributed by atoms with van der Waals surface area (Å²) in [4.78, 5) is 11.4. The zero-order chi connectivity index (χ0) is 9.68. The minimum Gasteiger partial charge on any atom is -0.396 e. The molecule has 0 aliphatic rings. The molecule has 0 amide bonds. The molecular formula is C10H11ClO2. The van der Waals surface area contributed by atoms with Crippen molar-refractivity contribution in [1.29, 1.82) is 0 Å². The number of aliphatic hydroxyl groups is 1. The number of hydrogen-bond acceptors (Lipinski definition) is 2. The van der Waals surface area contributed by atoms with Crippen molar-refractivity contribution in [3.8, 4) is 0 Å². The molecule has 0 aromatic heterocycles. The van der Waals surface area contributed by atoms with Crippen molar-refractivity contribution in [2.24, 2.45) is 0 Å². The molecule has 1 aromatic rings. The van der Waals surface area contributed by atoms with Crippen LogP contribution in [0.2, 0.25) is 5.02 Å². The minimum absolute atomic E-state index is 0.0470. The van der Waals surface area contributed by atoms with E-state index in [0.29, 0.717) is 23.4 Å². The molecular weight excluding hydrogens is 188 g/mol.